The first kappa shape index (κ1) is 52.7. The third-order valence-electron chi connectivity index (χ3n) is 8.25. The molecule has 1 fully saturated rings. The van der Waals surface area contributed by atoms with Crippen molar-refractivity contribution in [2.24, 2.45) is 5.41 Å². The number of imidazole rings is 1. The number of carbonyl (C=O) groups is 3. The quantitative estimate of drug-likeness (QED) is 0.0300. The van der Waals surface area contributed by atoms with Gasteiger partial charge in [-0.15, -0.1) is 0 Å². The number of nitrogens with one attached hydrogen (secondary N) is 2. The first-order chi connectivity index (χ1) is 26.6. The third kappa shape index (κ3) is 17.1. The standard InChI is InChI=1S/C29H50N7O17P3S.Na.H/c1-4-5-6-7-8-9-20(38)57-13-12-31-19(37)10-11-32-27(41)24(40)29(2,3)15-50-56(47,48)53-55(45,46)49-14-18-23(52-54(42,43)44)22(39)28(51-18)36-17-35-21-25(30)33-16-34-26(21)36;;/h16-18,22-24,28,39-40H,4-15H2,1-3H3,(H,31,37)(H,32,41)(H,45,46)(H,47,48)(H2,30,33,34)(H2,42,43,44);;/q;+1;-1/t18-,22-,23-,24+,28-;;/m1../s1. The monoisotopic (exact) mass is 917 g/mol. The van der Waals surface area contributed by atoms with Crippen LogP contribution in [0.15, 0.2) is 12.7 Å². The van der Waals surface area contributed by atoms with Gasteiger partial charge in [0.25, 0.3) is 0 Å². The zero-order valence-electron chi connectivity index (χ0n) is 33.3. The zero-order valence-corrected chi connectivity index (χ0v) is 37.8. The van der Waals surface area contributed by atoms with Crippen LogP contribution in [-0.4, -0.2) is 123 Å². The fourth-order valence-electron chi connectivity index (χ4n) is 5.24. The molecule has 0 spiro atoms. The van der Waals surface area contributed by atoms with Crippen LogP contribution in [0.25, 0.3) is 11.2 Å². The van der Waals surface area contributed by atoms with Crippen LogP contribution in [0.3, 0.4) is 0 Å². The van der Waals surface area contributed by atoms with Crippen LogP contribution in [0.2, 0.25) is 0 Å². The Morgan fingerprint density at radius 2 is 1.69 bits per heavy atom. The minimum Gasteiger partial charge on any atom is -1.00 e. The summed E-state index contributed by atoms with van der Waals surface area (Å²) < 4.78 is 62.1. The molecule has 2 aromatic heterocycles. The molecule has 1 aliphatic rings. The molecule has 0 bridgehead atoms. The number of phosphoric acid groups is 3. The number of amides is 2. The SMILES string of the molecule is CCCCCCCC(=O)SCCNC(=O)CCNC(=O)[C@H](O)C(C)(C)COP(=O)(O)OP(=O)(O)OC[C@H]1O[C@@H](n2cnc3c(N)ncnc32)[C@H](O)[C@@H]1OP(=O)(O)O.[H-].[Na+]. The van der Waals surface area contributed by atoms with Crippen LogP contribution < -0.4 is 45.9 Å². The summed E-state index contributed by atoms with van der Waals surface area (Å²) in [6.45, 7) is 2.67. The number of thioether (sulfide) groups is 1. The number of aliphatic hydroxyl groups excluding tert-OH is 2. The first-order valence-corrected chi connectivity index (χ1v) is 23.1. The van der Waals surface area contributed by atoms with E-state index in [1.807, 2.05) is 0 Å². The van der Waals surface area contributed by atoms with Gasteiger partial charge in [0.2, 0.25) is 11.8 Å². The summed E-state index contributed by atoms with van der Waals surface area (Å²) in [5, 5.41) is 26.5. The zero-order chi connectivity index (χ0) is 42.6. The summed E-state index contributed by atoms with van der Waals surface area (Å²) in [6, 6.07) is 0. The number of aromatic nitrogens is 4. The van der Waals surface area contributed by atoms with E-state index >= 15 is 0 Å². The second-order valence-electron chi connectivity index (χ2n) is 13.5. The van der Waals surface area contributed by atoms with Gasteiger partial charge in [-0.25, -0.2) is 28.6 Å². The Hall–Kier alpha value is -1.44. The molecule has 7 atom stereocenters. The number of hydrogen-bond acceptors (Lipinski definition) is 18. The van der Waals surface area contributed by atoms with E-state index in [2.05, 4.69) is 41.3 Å². The maximum absolute atomic E-state index is 12.7. The van der Waals surface area contributed by atoms with Crippen molar-refractivity contribution in [1.29, 1.82) is 0 Å². The smallest absolute Gasteiger partial charge is 1.00 e. The molecule has 326 valence electrons. The van der Waals surface area contributed by atoms with Gasteiger partial charge in [-0.05, 0) is 6.42 Å². The topological polar surface area (TPSA) is 364 Å². The molecule has 24 nitrogen and oxygen atoms in total. The van der Waals surface area contributed by atoms with Crippen molar-refractivity contribution in [2.75, 3.05) is 37.8 Å². The number of hydrogen-bond donors (Lipinski definition) is 9. The molecular weight excluding hydrogens is 866 g/mol. The van der Waals surface area contributed by atoms with Crippen LogP contribution in [0.5, 0.6) is 0 Å². The van der Waals surface area contributed by atoms with Gasteiger partial charge in [0.15, 0.2) is 22.8 Å². The molecule has 29 heteroatoms. The van der Waals surface area contributed by atoms with Crippen molar-refractivity contribution >= 4 is 69.1 Å². The van der Waals surface area contributed by atoms with E-state index in [1.165, 1.54) is 13.8 Å². The van der Waals surface area contributed by atoms with Crippen LogP contribution in [0.1, 0.15) is 73.4 Å². The van der Waals surface area contributed by atoms with Crippen LogP contribution in [0, 0.1) is 5.41 Å². The molecule has 2 amide bonds. The summed E-state index contributed by atoms with van der Waals surface area (Å²) in [6.07, 6.45) is -1.22. The Bertz CT molecular complexity index is 1830. The summed E-state index contributed by atoms with van der Waals surface area (Å²) in [4.78, 5) is 87.6. The molecule has 1 aliphatic heterocycles. The molecule has 58 heavy (non-hydrogen) atoms. The largest absolute Gasteiger partial charge is 1.00 e. The summed E-state index contributed by atoms with van der Waals surface area (Å²) >= 11 is 1.13. The number of nitrogens with zero attached hydrogens (tertiary/aromatic N) is 4. The predicted octanol–water partition coefficient (Wildman–Crippen LogP) is -1.86. The fourth-order valence-corrected chi connectivity index (χ4v) is 8.79. The number of fused-ring (bicyclic) bond motifs is 1. The van der Waals surface area contributed by atoms with Crippen molar-refractivity contribution in [1.82, 2.24) is 30.2 Å². The summed E-state index contributed by atoms with van der Waals surface area (Å²) in [7, 11) is -16.4. The summed E-state index contributed by atoms with van der Waals surface area (Å²) in [5.74, 6) is -1.03. The maximum atomic E-state index is 12.7. The molecule has 1 saturated heterocycles. The second-order valence-corrected chi connectivity index (χ2v) is 18.8. The van der Waals surface area contributed by atoms with Crippen molar-refractivity contribution in [2.45, 2.75) is 96.4 Å². The number of rotatable bonds is 25. The minimum absolute atomic E-state index is 0. The van der Waals surface area contributed by atoms with Crippen molar-refractivity contribution < 1.29 is 111 Å². The molecule has 0 radical (unpaired) electrons. The molecule has 2 unspecified atom stereocenters. The molecular formula is C29H51N7NaO17P3S. The Morgan fingerprint density at radius 1 is 1.02 bits per heavy atom. The molecule has 0 aromatic carbocycles. The van der Waals surface area contributed by atoms with Gasteiger partial charge < -0.3 is 52.3 Å². The molecule has 2 aromatic rings. The average Bonchev–Trinajstić information content (AvgIpc) is 3.68. The van der Waals surface area contributed by atoms with Crippen LogP contribution in [0.4, 0.5) is 5.82 Å². The van der Waals surface area contributed by atoms with E-state index in [1.54, 1.807) is 0 Å². The Kier molecular flexibility index (Phi) is 21.5. The summed E-state index contributed by atoms with van der Waals surface area (Å²) in [5.41, 5.74) is 4.27. The number of nitrogens with two attached hydrogens (primary N) is 1. The van der Waals surface area contributed by atoms with Crippen molar-refractivity contribution in [3.8, 4) is 0 Å². The number of nitrogen functional groups attached to an aromatic ring is 1. The second kappa shape index (κ2) is 23.7. The van der Waals surface area contributed by atoms with Gasteiger partial charge >= 0.3 is 53.0 Å². The number of unbranched alkanes of at least 4 members (excludes halogenated alkanes) is 4. The number of ether oxygens (including phenoxy) is 1. The van der Waals surface area contributed by atoms with Crippen molar-refractivity contribution in [3.05, 3.63) is 12.7 Å². The molecule has 3 rings (SSSR count). The maximum Gasteiger partial charge on any atom is 1.00 e. The Morgan fingerprint density at radius 3 is 2.36 bits per heavy atom. The molecule has 0 saturated carbocycles. The van der Waals surface area contributed by atoms with E-state index < -0.39 is 84.6 Å². The van der Waals surface area contributed by atoms with Gasteiger partial charge in [0, 0.05) is 37.1 Å². The van der Waals surface area contributed by atoms with Crippen molar-refractivity contribution in [3.63, 3.8) is 0 Å². The predicted molar refractivity (Wildman–Crippen MR) is 202 cm³/mol. The van der Waals surface area contributed by atoms with Gasteiger partial charge in [-0.3, -0.25) is 32.5 Å². The van der Waals surface area contributed by atoms with Gasteiger partial charge in [0.1, 0.15) is 36.3 Å². The van der Waals surface area contributed by atoms with E-state index in [0.717, 1.165) is 61.1 Å². The molecule has 0 aliphatic carbocycles. The first-order valence-electron chi connectivity index (χ1n) is 17.6. The molecule has 10 N–H and O–H groups in total. The van der Waals surface area contributed by atoms with E-state index in [0.29, 0.717) is 12.2 Å². The van der Waals surface area contributed by atoms with Gasteiger partial charge in [-0.2, -0.15) is 4.31 Å². The average molecular weight is 918 g/mol. The van der Waals surface area contributed by atoms with Gasteiger partial charge in [0.05, 0.1) is 19.5 Å². The normalized spacial score (nSPS) is 21.1. The van der Waals surface area contributed by atoms with Crippen LogP contribution >= 0.6 is 35.2 Å². The van der Waals surface area contributed by atoms with E-state index in [9.17, 15) is 57.9 Å². The fraction of sp³-hybridized carbons (Fsp3) is 0.724. The Labute approximate surface area is 361 Å². The number of anilines is 1. The van der Waals surface area contributed by atoms with Gasteiger partial charge in [-0.1, -0.05) is 58.2 Å². The van der Waals surface area contributed by atoms with E-state index in [-0.39, 0.29) is 72.6 Å². The number of carbonyl (C=O) groups excluding carboxylic acids is 3. The van der Waals surface area contributed by atoms with E-state index in [4.69, 9.17) is 19.5 Å². The third-order valence-corrected chi connectivity index (χ3v) is 12.3. The number of phosphoric ester groups is 3. The number of aliphatic hydroxyl groups is 2. The Balaban J connectivity index is 0.00000870. The molecule has 3 heterocycles. The van der Waals surface area contributed by atoms with Crippen LogP contribution in [-0.2, 0) is 50.7 Å². The minimum atomic E-state index is -5.57.